The Balaban J connectivity index is 2.69. The quantitative estimate of drug-likeness (QED) is 0.538. The third-order valence-corrected chi connectivity index (χ3v) is 3.83. The molecular formula is C17H31N3. The molecular weight excluding hydrogens is 246 g/mol. The van der Waals surface area contributed by atoms with Crippen LogP contribution in [0.2, 0.25) is 0 Å². The molecule has 0 saturated heterocycles. The van der Waals surface area contributed by atoms with Crippen LogP contribution < -0.4 is 11.3 Å². The van der Waals surface area contributed by atoms with E-state index in [1.165, 1.54) is 11.1 Å². The lowest BCUT2D eigenvalue weighted by molar-refractivity contribution is 0.282. The number of hydrazine groups is 1. The second-order valence-corrected chi connectivity index (χ2v) is 5.88. The molecule has 0 heterocycles. The van der Waals surface area contributed by atoms with E-state index in [9.17, 15) is 0 Å². The Morgan fingerprint density at radius 3 is 2.45 bits per heavy atom. The molecule has 0 bridgehead atoms. The zero-order chi connectivity index (χ0) is 15.0. The van der Waals surface area contributed by atoms with Crippen LogP contribution in [0.25, 0.3) is 0 Å². The van der Waals surface area contributed by atoms with Gasteiger partial charge in [-0.2, -0.15) is 0 Å². The van der Waals surface area contributed by atoms with Gasteiger partial charge < -0.3 is 4.90 Å². The summed E-state index contributed by atoms with van der Waals surface area (Å²) in [6.07, 6.45) is 2.17. The molecule has 0 fully saturated rings. The zero-order valence-corrected chi connectivity index (χ0v) is 13.5. The summed E-state index contributed by atoms with van der Waals surface area (Å²) in [6, 6.07) is 9.07. The summed E-state index contributed by atoms with van der Waals surface area (Å²) in [5.41, 5.74) is 5.68. The molecule has 0 radical (unpaired) electrons. The zero-order valence-electron chi connectivity index (χ0n) is 13.5. The van der Waals surface area contributed by atoms with Gasteiger partial charge in [0.1, 0.15) is 0 Å². The Kier molecular flexibility index (Phi) is 7.82. The predicted molar refractivity (Wildman–Crippen MR) is 87.5 cm³/mol. The van der Waals surface area contributed by atoms with Crippen LogP contribution in [-0.2, 0) is 6.42 Å². The highest BCUT2D eigenvalue weighted by molar-refractivity contribution is 5.26. The molecule has 20 heavy (non-hydrogen) atoms. The number of nitrogens with one attached hydrogen (secondary N) is 1. The summed E-state index contributed by atoms with van der Waals surface area (Å²) in [4.78, 5) is 2.43. The van der Waals surface area contributed by atoms with Crippen molar-refractivity contribution in [1.29, 1.82) is 0 Å². The molecule has 1 aromatic rings. The van der Waals surface area contributed by atoms with E-state index in [2.05, 4.69) is 62.3 Å². The maximum absolute atomic E-state index is 5.76. The van der Waals surface area contributed by atoms with Gasteiger partial charge in [-0.3, -0.25) is 11.3 Å². The molecule has 0 aliphatic rings. The standard InChI is InChI=1S/C17H31N3/c1-5-20(6-2)11-10-17(19-18)16-9-7-8-15(13-16)12-14(3)4/h7-9,13-14,17,19H,5-6,10-12,18H2,1-4H3. The highest BCUT2D eigenvalue weighted by Gasteiger charge is 2.12. The number of hydrogen-bond acceptors (Lipinski definition) is 3. The lowest BCUT2D eigenvalue weighted by Crippen LogP contribution is -2.32. The number of hydrogen-bond donors (Lipinski definition) is 2. The lowest BCUT2D eigenvalue weighted by Gasteiger charge is -2.23. The topological polar surface area (TPSA) is 41.3 Å². The van der Waals surface area contributed by atoms with Gasteiger partial charge in [-0.15, -0.1) is 0 Å². The molecule has 0 aliphatic heterocycles. The number of rotatable bonds is 9. The van der Waals surface area contributed by atoms with Crippen molar-refractivity contribution >= 4 is 0 Å². The molecule has 0 saturated carbocycles. The average Bonchev–Trinajstić information content (AvgIpc) is 2.43. The fraction of sp³-hybridized carbons (Fsp3) is 0.647. The van der Waals surface area contributed by atoms with E-state index in [0.717, 1.165) is 32.5 Å². The van der Waals surface area contributed by atoms with E-state index in [0.29, 0.717) is 5.92 Å². The van der Waals surface area contributed by atoms with Gasteiger partial charge in [0.15, 0.2) is 0 Å². The highest BCUT2D eigenvalue weighted by atomic mass is 15.2. The summed E-state index contributed by atoms with van der Waals surface area (Å²) < 4.78 is 0. The van der Waals surface area contributed by atoms with Crippen molar-refractivity contribution in [1.82, 2.24) is 10.3 Å². The maximum Gasteiger partial charge on any atom is 0.0472 e. The van der Waals surface area contributed by atoms with Gasteiger partial charge in [-0.05, 0) is 49.5 Å². The van der Waals surface area contributed by atoms with Crippen molar-refractivity contribution in [2.24, 2.45) is 11.8 Å². The van der Waals surface area contributed by atoms with Crippen LogP contribution in [0, 0.1) is 5.92 Å². The molecule has 1 atom stereocenters. The predicted octanol–water partition coefficient (Wildman–Crippen LogP) is 3.12. The van der Waals surface area contributed by atoms with E-state index >= 15 is 0 Å². The number of nitrogens with two attached hydrogens (primary N) is 1. The van der Waals surface area contributed by atoms with Gasteiger partial charge in [0.05, 0.1) is 0 Å². The number of benzene rings is 1. The Morgan fingerprint density at radius 1 is 1.20 bits per heavy atom. The Bertz CT molecular complexity index is 372. The summed E-state index contributed by atoms with van der Waals surface area (Å²) in [5.74, 6) is 6.44. The minimum atomic E-state index is 0.239. The van der Waals surface area contributed by atoms with Crippen LogP contribution in [0.4, 0.5) is 0 Å². The second kappa shape index (κ2) is 9.11. The van der Waals surface area contributed by atoms with Crippen molar-refractivity contribution in [3.63, 3.8) is 0 Å². The first-order chi connectivity index (χ1) is 9.60. The molecule has 0 amide bonds. The highest BCUT2D eigenvalue weighted by Crippen LogP contribution is 2.19. The van der Waals surface area contributed by atoms with Gasteiger partial charge in [-0.1, -0.05) is 52.0 Å². The van der Waals surface area contributed by atoms with Crippen LogP contribution in [0.5, 0.6) is 0 Å². The molecule has 1 unspecified atom stereocenters. The molecule has 3 heteroatoms. The second-order valence-electron chi connectivity index (χ2n) is 5.88. The minimum absolute atomic E-state index is 0.239. The fourth-order valence-electron chi connectivity index (χ4n) is 2.61. The van der Waals surface area contributed by atoms with Gasteiger partial charge in [0.2, 0.25) is 0 Å². The first-order valence-electron chi connectivity index (χ1n) is 7.88. The smallest absolute Gasteiger partial charge is 0.0472 e. The average molecular weight is 277 g/mol. The van der Waals surface area contributed by atoms with Crippen molar-refractivity contribution in [2.45, 2.75) is 46.6 Å². The van der Waals surface area contributed by atoms with E-state index in [1.54, 1.807) is 0 Å². The van der Waals surface area contributed by atoms with Gasteiger partial charge in [0, 0.05) is 6.04 Å². The van der Waals surface area contributed by atoms with Crippen LogP contribution in [0.3, 0.4) is 0 Å². The molecule has 1 rings (SSSR count). The van der Waals surface area contributed by atoms with Crippen LogP contribution in [0.15, 0.2) is 24.3 Å². The largest absolute Gasteiger partial charge is 0.304 e. The van der Waals surface area contributed by atoms with Crippen molar-refractivity contribution < 1.29 is 0 Å². The molecule has 3 nitrogen and oxygen atoms in total. The van der Waals surface area contributed by atoms with Gasteiger partial charge >= 0.3 is 0 Å². The minimum Gasteiger partial charge on any atom is -0.304 e. The van der Waals surface area contributed by atoms with E-state index in [-0.39, 0.29) is 6.04 Å². The summed E-state index contributed by atoms with van der Waals surface area (Å²) >= 11 is 0. The van der Waals surface area contributed by atoms with Crippen LogP contribution >= 0.6 is 0 Å². The first-order valence-corrected chi connectivity index (χ1v) is 7.88. The third-order valence-electron chi connectivity index (χ3n) is 3.83. The summed E-state index contributed by atoms with van der Waals surface area (Å²) in [6.45, 7) is 12.2. The lowest BCUT2D eigenvalue weighted by atomic mass is 9.97. The molecule has 0 aliphatic carbocycles. The van der Waals surface area contributed by atoms with Crippen molar-refractivity contribution in [2.75, 3.05) is 19.6 Å². The summed E-state index contributed by atoms with van der Waals surface area (Å²) in [7, 11) is 0. The van der Waals surface area contributed by atoms with E-state index in [4.69, 9.17) is 5.84 Å². The van der Waals surface area contributed by atoms with Gasteiger partial charge in [-0.25, -0.2) is 0 Å². The molecule has 0 aromatic heterocycles. The Labute approximate surface area is 124 Å². The van der Waals surface area contributed by atoms with Crippen molar-refractivity contribution in [3.05, 3.63) is 35.4 Å². The normalized spacial score (nSPS) is 13.2. The fourth-order valence-corrected chi connectivity index (χ4v) is 2.61. The van der Waals surface area contributed by atoms with E-state index < -0.39 is 0 Å². The Hall–Kier alpha value is -0.900. The summed E-state index contributed by atoms with van der Waals surface area (Å²) in [5, 5.41) is 0. The van der Waals surface area contributed by atoms with Gasteiger partial charge in [0.25, 0.3) is 0 Å². The molecule has 3 N–H and O–H groups in total. The van der Waals surface area contributed by atoms with Crippen LogP contribution in [-0.4, -0.2) is 24.5 Å². The molecule has 0 spiro atoms. The molecule has 114 valence electrons. The van der Waals surface area contributed by atoms with E-state index in [1.807, 2.05) is 0 Å². The monoisotopic (exact) mass is 277 g/mol. The van der Waals surface area contributed by atoms with Crippen LogP contribution in [0.1, 0.15) is 51.3 Å². The SMILES string of the molecule is CCN(CC)CCC(NN)c1cccc(CC(C)C)c1. The maximum atomic E-state index is 5.76. The number of nitrogens with zero attached hydrogens (tertiary/aromatic N) is 1. The Morgan fingerprint density at radius 2 is 1.90 bits per heavy atom. The third kappa shape index (κ3) is 5.61. The van der Waals surface area contributed by atoms with Crippen molar-refractivity contribution in [3.8, 4) is 0 Å². The molecule has 1 aromatic carbocycles. The first kappa shape index (κ1) is 17.2.